The highest BCUT2D eigenvalue weighted by molar-refractivity contribution is 5.89. The highest BCUT2D eigenvalue weighted by Gasteiger charge is 2.46. The van der Waals surface area contributed by atoms with Crippen LogP contribution in [0.15, 0.2) is 0 Å². The number of carboxylic acid groups (broad SMARTS) is 2. The van der Waals surface area contributed by atoms with Gasteiger partial charge >= 0.3 is 23.9 Å². The van der Waals surface area contributed by atoms with Crippen LogP contribution in [0.1, 0.15) is 48.0 Å². The molecule has 4 unspecified atom stereocenters. The van der Waals surface area contributed by atoms with Crippen LogP contribution < -0.4 is 11.5 Å². The molecule has 27 heavy (non-hydrogen) atoms. The lowest BCUT2D eigenvalue weighted by Gasteiger charge is -2.32. The summed E-state index contributed by atoms with van der Waals surface area (Å²) in [6.07, 6.45) is -0.546. The van der Waals surface area contributed by atoms with Crippen molar-refractivity contribution in [3.05, 3.63) is 0 Å². The third-order valence-electron chi connectivity index (χ3n) is 3.32. The van der Waals surface area contributed by atoms with Crippen LogP contribution >= 0.6 is 0 Å². The molecule has 0 saturated heterocycles. The minimum atomic E-state index is -1.82. The van der Waals surface area contributed by atoms with E-state index in [1.807, 2.05) is 0 Å². The van der Waals surface area contributed by atoms with E-state index in [0.29, 0.717) is 0 Å². The molecule has 0 aliphatic carbocycles. The molecule has 0 radical (unpaired) electrons. The van der Waals surface area contributed by atoms with E-state index in [0.717, 1.165) is 0 Å². The predicted octanol–water partition coefficient (Wildman–Crippen LogP) is 0.116. The van der Waals surface area contributed by atoms with E-state index in [9.17, 15) is 24.3 Å². The van der Waals surface area contributed by atoms with E-state index in [1.54, 1.807) is 41.5 Å². The number of hydrogen-bond acceptors (Lipinski definition) is 8. The minimum Gasteiger partial charge on any atom is -0.480 e. The Morgan fingerprint density at radius 1 is 0.815 bits per heavy atom. The Bertz CT molecular complexity index is 576. The fourth-order valence-corrected chi connectivity index (χ4v) is 2.23. The number of ether oxygens (including phenoxy) is 2. The SMILES string of the molecule is CC(C)(C)OC(=O)C(CC(N)C(=O)O)C(C(=O)OC(C)(C)C)C(N)C(=O)O. The normalized spacial score (nSPS) is 16.6. The van der Waals surface area contributed by atoms with E-state index >= 15 is 0 Å². The Morgan fingerprint density at radius 2 is 1.22 bits per heavy atom. The Balaban J connectivity index is 6.07. The van der Waals surface area contributed by atoms with Gasteiger partial charge in [0.2, 0.25) is 0 Å². The van der Waals surface area contributed by atoms with Gasteiger partial charge in [-0.25, -0.2) is 0 Å². The number of esters is 2. The molecule has 0 spiro atoms. The van der Waals surface area contributed by atoms with Crippen molar-refractivity contribution in [2.75, 3.05) is 0 Å². The highest BCUT2D eigenvalue weighted by atomic mass is 16.6. The molecular weight excluding hydrogens is 360 g/mol. The third-order valence-corrected chi connectivity index (χ3v) is 3.32. The Kier molecular flexibility index (Phi) is 8.39. The number of aliphatic carboxylic acids is 2. The smallest absolute Gasteiger partial charge is 0.321 e. The molecule has 0 saturated carbocycles. The molecule has 0 aromatic heterocycles. The average molecular weight is 390 g/mol. The fourth-order valence-electron chi connectivity index (χ4n) is 2.23. The maximum Gasteiger partial charge on any atom is 0.321 e. The van der Waals surface area contributed by atoms with Crippen molar-refractivity contribution in [3.8, 4) is 0 Å². The summed E-state index contributed by atoms with van der Waals surface area (Å²) in [5.74, 6) is -8.20. The van der Waals surface area contributed by atoms with Gasteiger partial charge in [0.05, 0.1) is 11.8 Å². The van der Waals surface area contributed by atoms with Gasteiger partial charge in [-0.2, -0.15) is 0 Å². The van der Waals surface area contributed by atoms with Crippen LogP contribution in [0.25, 0.3) is 0 Å². The summed E-state index contributed by atoms with van der Waals surface area (Å²) >= 11 is 0. The molecule has 0 bridgehead atoms. The van der Waals surface area contributed by atoms with Crippen molar-refractivity contribution >= 4 is 23.9 Å². The van der Waals surface area contributed by atoms with Crippen molar-refractivity contribution in [2.45, 2.75) is 71.2 Å². The molecule has 4 atom stereocenters. The molecule has 0 aromatic carbocycles. The number of rotatable bonds is 8. The van der Waals surface area contributed by atoms with Crippen LogP contribution in [0.3, 0.4) is 0 Å². The van der Waals surface area contributed by atoms with Crippen molar-refractivity contribution in [1.29, 1.82) is 0 Å². The Morgan fingerprint density at radius 3 is 1.56 bits per heavy atom. The van der Waals surface area contributed by atoms with Crippen molar-refractivity contribution in [3.63, 3.8) is 0 Å². The lowest BCUT2D eigenvalue weighted by Crippen LogP contribution is -2.52. The van der Waals surface area contributed by atoms with Crippen molar-refractivity contribution in [1.82, 2.24) is 0 Å². The fraction of sp³-hybridized carbons (Fsp3) is 0.765. The first kappa shape index (κ1) is 24.8. The highest BCUT2D eigenvalue weighted by Crippen LogP contribution is 2.27. The third kappa shape index (κ3) is 8.83. The topological polar surface area (TPSA) is 179 Å². The van der Waals surface area contributed by atoms with Gasteiger partial charge in [-0.1, -0.05) is 0 Å². The van der Waals surface area contributed by atoms with Crippen LogP contribution in [0.2, 0.25) is 0 Å². The Hall–Kier alpha value is -2.20. The van der Waals surface area contributed by atoms with Crippen LogP contribution in [0, 0.1) is 11.8 Å². The van der Waals surface area contributed by atoms with Crippen LogP contribution in [-0.4, -0.2) is 57.4 Å². The molecule has 10 heteroatoms. The van der Waals surface area contributed by atoms with Gasteiger partial charge in [-0.05, 0) is 48.0 Å². The van der Waals surface area contributed by atoms with E-state index < -0.39 is 65.4 Å². The lowest BCUT2D eigenvalue weighted by atomic mass is 9.81. The molecular formula is C17H30N2O8. The summed E-state index contributed by atoms with van der Waals surface area (Å²) in [5.41, 5.74) is 9.20. The van der Waals surface area contributed by atoms with Crippen LogP contribution in [-0.2, 0) is 28.7 Å². The number of nitrogens with two attached hydrogens (primary N) is 2. The molecule has 0 aromatic rings. The number of carbonyl (C=O) groups excluding carboxylic acids is 2. The quantitative estimate of drug-likeness (QED) is 0.416. The predicted molar refractivity (Wildman–Crippen MR) is 94.5 cm³/mol. The minimum absolute atomic E-state index is 0.546. The number of carboxylic acids is 2. The molecule has 0 amide bonds. The summed E-state index contributed by atoms with van der Waals surface area (Å²) in [4.78, 5) is 47.8. The van der Waals surface area contributed by atoms with Crippen molar-refractivity contribution in [2.24, 2.45) is 23.3 Å². The first-order valence-corrected chi connectivity index (χ1v) is 8.38. The molecule has 10 nitrogen and oxygen atoms in total. The summed E-state index contributed by atoms with van der Waals surface area (Å²) in [5, 5.41) is 18.3. The molecule has 156 valence electrons. The monoisotopic (exact) mass is 390 g/mol. The van der Waals surface area contributed by atoms with Gasteiger partial charge in [0.15, 0.2) is 0 Å². The van der Waals surface area contributed by atoms with Gasteiger partial charge in [0.25, 0.3) is 0 Å². The summed E-state index contributed by atoms with van der Waals surface area (Å²) in [6.45, 7) is 9.37. The zero-order valence-corrected chi connectivity index (χ0v) is 16.5. The van der Waals surface area contributed by atoms with Crippen LogP contribution in [0.5, 0.6) is 0 Å². The molecule has 6 N–H and O–H groups in total. The second-order valence-corrected chi connectivity index (χ2v) is 8.24. The lowest BCUT2D eigenvalue weighted by molar-refractivity contribution is -0.176. The maximum absolute atomic E-state index is 12.6. The molecule has 0 aliphatic heterocycles. The van der Waals surface area contributed by atoms with Gasteiger partial charge in [-0.3, -0.25) is 19.2 Å². The molecule has 0 rings (SSSR count). The summed E-state index contributed by atoms with van der Waals surface area (Å²) < 4.78 is 10.4. The van der Waals surface area contributed by atoms with E-state index in [1.165, 1.54) is 0 Å². The second kappa shape index (κ2) is 9.14. The van der Waals surface area contributed by atoms with E-state index in [2.05, 4.69) is 0 Å². The molecule has 0 fully saturated rings. The standard InChI is InChI=1S/C17H30N2O8/c1-16(2,3)26-14(24)8(7-9(18)12(20)21)10(11(19)13(22)23)15(25)27-17(4,5)6/h8-11H,7,18-19H2,1-6H3,(H,20,21)(H,22,23). The first-order chi connectivity index (χ1) is 12.0. The van der Waals surface area contributed by atoms with E-state index in [4.69, 9.17) is 26.0 Å². The summed E-state index contributed by atoms with van der Waals surface area (Å²) in [7, 11) is 0. The Labute approximate surface area is 158 Å². The average Bonchev–Trinajstić information content (AvgIpc) is 2.41. The molecule has 0 aliphatic rings. The molecule has 0 heterocycles. The van der Waals surface area contributed by atoms with Gasteiger partial charge in [0.1, 0.15) is 23.3 Å². The zero-order chi connectivity index (χ0) is 21.7. The zero-order valence-electron chi connectivity index (χ0n) is 16.5. The van der Waals surface area contributed by atoms with Crippen LogP contribution in [0.4, 0.5) is 0 Å². The number of carbonyl (C=O) groups is 4. The van der Waals surface area contributed by atoms with Gasteiger partial charge in [0, 0.05) is 0 Å². The summed E-state index contributed by atoms with van der Waals surface area (Å²) in [6, 6.07) is -3.35. The largest absolute Gasteiger partial charge is 0.480 e. The van der Waals surface area contributed by atoms with Gasteiger partial charge in [-0.15, -0.1) is 0 Å². The van der Waals surface area contributed by atoms with E-state index in [-0.39, 0.29) is 0 Å². The van der Waals surface area contributed by atoms with Gasteiger partial charge < -0.3 is 31.2 Å². The maximum atomic E-state index is 12.6. The first-order valence-electron chi connectivity index (χ1n) is 8.38. The van der Waals surface area contributed by atoms with Crippen molar-refractivity contribution < 1.29 is 38.9 Å². The second-order valence-electron chi connectivity index (χ2n) is 8.24. The number of hydrogen-bond donors (Lipinski definition) is 4.